The fourth-order valence-electron chi connectivity index (χ4n) is 2.63. The number of benzene rings is 1. The van der Waals surface area contributed by atoms with Gasteiger partial charge in [0.15, 0.2) is 0 Å². The minimum atomic E-state index is -0.678. The fourth-order valence-corrected chi connectivity index (χ4v) is 52.6. The quantitative estimate of drug-likeness (QED) is 0.621. The highest BCUT2D eigenvalue weighted by atomic mass is 33.4. The minimum absolute atomic E-state index is 0.0877. The molecule has 0 fully saturated rings. The van der Waals surface area contributed by atoms with E-state index in [0.29, 0.717) is 0 Å². The van der Waals surface area contributed by atoms with Gasteiger partial charge in [-0.15, -0.1) is 0 Å². The Morgan fingerprint density at radius 3 is 1.39 bits per heavy atom. The Morgan fingerprint density at radius 2 is 1.06 bits per heavy atom. The maximum Gasteiger partial charge on any atom is 0.0223 e. The Labute approximate surface area is 119 Å². The summed E-state index contributed by atoms with van der Waals surface area (Å²) in [7, 11) is -1.66. The molecule has 1 aromatic carbocycles. The predicted octanol–water partition coefficient (Wildman–Crippen LogP) is 5.72. The average molecular weight is 325 g/mol. The van der Waals surface area contributed by atoms with Crippen LogP contribution in [0.2, 0.25) is 0 Å². The van der Waals surface area contributed by atoms with Gasteiger partial charge in [-0.3, -0.25) is 0 Å². The molecule has 0 saturated heterocycles. The Bertz CT molecular complexity index is 374. The molecule has 0 N–H and O–H groups in total. The smallest absolute Gasteiger partial charge is 0.0223 e. The molecule has 0 spiro atoms. The van der Waals surface area contributed by atoms with Gasteiger partial charge in [0.25, 0.3) is 0 Å². The van der Waals surface area contributed by atoms with Crippen molar-refractivity contribution in [2.45, 2.75) is 4.90 Å². The first-order valence-electron chi connectivity index (χ1n) is 5.93. The number of hydrogen-bond acceptors (Lipinski definition) is 0. The lowest BCUT2D eigenvalue weighted by Crippen LogP contribution is -2.05. The minimum Gasteiger partial charge on any atom is -0.214 e. The first-order chi connectivity index (χ1) is 7.97. The van der Waals surface area contributed by atoms with E-state index < -0.39 is 28.9 Å². The van der Waals surface area contributed by atoms with E-state index in [1.807, 2.05) is 0 Å². The van der Waals surface area contributed by atoms with E-state index in [0.717, 1.165) is 0 Å². The maximum absolute atomic E-state index is 2.55. The van der Waals surface area contributed by atoms with Crippen LogP contribution >= 0.6 is 34.5 Å². The topological polar surface area (TPSA) is 0 Å². The second-order valence-electron chi connectivity index (χ2n) is 6.35. The molecular formula is C14H29PS3. The van der Waals surface area contributed by atoms with E-state index in [1.165, 1.54) is 0 Å². The van der Waals surface area contributed by atoms with Crippen molar-refractivity contribution in [3.05, 3.63) is 30.3 Å². The summed E-state index contributed by atoms with van der Waals surface area (Å²) in [6.07, 6.45) is 20.2. The van der Waals surface area contributed by atoms with Crippen LogP contribution in [0.15, 0.2) is 35.2 Å². The van der Waals surface area contributed by atoms with Crippen LogP contribution in [-0.4, -0.2) is 50.0 Å². The Hall–Kier alpha value is 0.700. The van der Waals surface area contributed by atoms with Gasteiger partial charge in [-0.25, -0.2) is 19.3 Å². The second kappa shape index (κ2) is 5.60. The van der Waals surface area contributed by atoms with E-state index in [-0.39, 0.29) is 5.53 Å². The molecule has 0 aliphatic heterocycles. The van der Waals surface area contributed by atoms with E-state index >= 15 is 0 Å². The SMILES string of the molecule is CS(C)(C)P(S(C)(C)C)S(C)(C)c1ccccc1. The number of hydrogen-bond donors (Lipinski definition) is 0. The lowest BCUT2D eigenvalue weighted by Gasteiger charge is -2.57. The first kappa shape index (κ1) is 16.8. The summed E-state index contributed by atoms with van der Waals surface area (Å²) >= 11 is 0. The third-order valence-electron chi connectivity index (χ3n) is 2.59. The molecule has 0 aliphatic rings. The molecule has 0 radical (unpaired) electrons. The fraction of sp³-hybridized carbons (Fsp3) is 0.571. The van der Waals surface area contributed by atoms with Crippen molar-refractivity contribution in [2.75, 3.05) is 50.0 Å². The summed E-state index contributed by atoms with van der Waals surface area (Å²) in [6.45, 7) is 0. The molecule has 1 rings (SSSR count). The number of rotatable bonds is 4. The zero-order valence-corrected chi connectivity index (χ0v) is 16.4. The standard InChI is InChI=1S/C14H29PS3/c1-16(2,3)15(17(4,5)6)18(7,8)14-12-10-9-11-13-14/h9-13H,1-8H3. The van der Waals surface area contributed by atoms with Crippen LogP contribution in [0.4, 0.5) is 0 Å². The predicted molar refractivity (Wildman–Crippen MR) is 102 cm³/mol. The molecule has 0 aromatic heterocycles. The summed E-state index contributed by atoms with van der Waals surface area (Å²) in [5.74, 6) is 0. The molecule has 1 aromatic rings. The van der Waals surface area contributed by atoms with Crippen molar-refractivity contribution in [1.29, 1.82) is 0 Å². The second-order valence-corrected chi connectivity index (χ2v) is 31.6. The summed E-state index contributed by atoms with van der Waals surface area (Å²) in [4.78, 5) is 1.60. The molecule has 0 amide bonds. The highest BCUT2D eigenvalue weighted by Gasteiger charge is 2.39. The van der Waals surface area contributed by atoms with Gasteiger partial charge in [-0.2, -0.15) is 9.65 Å². The summed E-state index contributed by atoms with van der Waals surface area (Å²) in [5.41, 5.74) is 0.0877. The molecule has 0 unspecified atom stereocenters. The van der Waals surface area contributed by atoms with Gasteiger partial charge in [0, 0.05) is 5.53 Å². The van der Waals surface area contributed by atoms with Crippen molar-refractivity contribution < 1.29 is 0 Å². The van der Waals surface area contributed by atoms with Gasteiger partial charge in [-0.05, 0) is 67.1 Å². The summed E-state index contributed by atoms with van der Waals surface area (Å²) < 4.78 is 0. The van der Waals surface area contributed by atoms with Gasteiger partial charge in [0.05, 0.1) is 0 Å². The largest absolute Gasteiger partial charge is 0.214 e. The lowest BCUT2D eigenvalue weighted by molar-refractivity contribution is 1.45. The van der Waals surface area contributed by atoms with E-state index in [2.05, 4.69) is 80.4 Å². The van der Waals surface area contributed by atoms with Gasteiger partial charge in [0.1, 0.15) is 0 Å². The van der Waals surface area contributed by atoms with Crippen LogP contribution in [0, 0.1) is 0 Å². The first-order valence-corrected chi connectivity index (χ1v) is 17.3. The van der Waals surface area contributed by atoms with Crippen LogP contribution < -0.4 is 0 Å². The van der Waals surface area contributed by atoms with Crippen molar-refractivity contribution in [1.82, 2.24) is 0 Å². The molecule has 0 bridgehead atoms. The zero-order valence-electron chi connectivity index (χ0n) is 13.1. The van der Waals surface area contributed by atoms with Crippen molar-refractivity contribution in [2.24, 2.45) is 0 Å². The zero-order chi connectivity index (χ0) is 14.2. The molecule has 0 nitrogen and oxygen atoms in total. The van der Waals surface area contributed by atoms with Crippen molar-refractivity contribution >= 4 is 34.5 Å². The third-order valence-corrected chi connectivity index (χ3v) is 37.6. The summed E-state index contributed by atoms with van der Waals surface area (Å²) in [5, 5.41) is 0. The molecule has 0 aliphatic carbocycles. The van der Waals surface area contributed by atoms with Gasteiger partial charge < -0.3 is 0 Å². The lowest BCUT2D eigenvalue weighted by atomic mass is 10.4. The van der Waals surface area contributed by atoms with Crippen LogP contribution in [0.3, 0.4) is 0 Å². The molecule has 0 atom stereocenters. The summed E-state index contributed by atoms with van der Waals surface area (Å²) in [6, 6.07) is 11.2. The van der Waals surface area contributed by atoms with E-state index in [1.54, 1.807) is 4.90 Å². The molecule has 18 heavy (non-hydrogen) atoms. The monoisotopic (exact) mass is 324 g/mol. The van der Waals surface area contributed by atoms with Crippen LogP contribution in [-0.2, 0) is 0 Å². The molecule has 108 valence electrons. The van der Waals surface area contributed by atoms with Gasteiger partial charge in [0.2, 0.25) is 0 Å². The Morgan fingerprint density at radius 1 is 0.667 bits per heavy atom. The Kier molecular flexibility index (Phi) is 5.21. The molecule has 4 heteroatoms. The normalized spacial score (nSPS) is 16.7. The van der Waals surface area contributed by atoms with Gasteiger partial charge in [-0.1, -0.05) is 18.2 Å². The van der Waals surface area contributed by atoms with E-state index in [9.17, 15) is 0 Å². The molecular weight excluding hydrogens is 295 g/mol. The highest BCUT2D eigenvalue weighted by molar-refractivity contribution is 9.31. The van der Waals surface area contributed by atoms with Crippen molar-refractivity contribution in [3.63, 3.8) is 0 Å². The van der Waals surface area contributed by atoms with Crippen LogP contribution in [0.25, 0.3) is 0 Å². The van der Waals surface area contributed by atoms with Crippen molar-refractivity contribution in [3.8, 4) is 0 Å². The van der Waals surface area contributed by atoms with Gasteiger partial charge >= 0.3 is 0 Å². The third kappa shape index (κ3) is 3.85. The van der Waals surface area contributed by atoms with E-state index in [4.69, 9.17) is 0 Å². The van der Waals surface area contributed by atoms with Crippen LogP contribution in [0.1, 0.15) is 0 Å². The highest BCUT2D eigenvalue weighted by Crippen LogP contribution is 3.02. The maximum atomic E-state index is 2.55. The molecule has 0 heterocycles. The Balaban J connectivity index is 3.30. The average Bonchev–Trinajstić information content (AvgIpc) is 2.13. The molecule has 0 saturated carbocycles. The van der Waals surface area contributed by atoms with Crippen LogP contribution in [0.5, 0.6) is 0 Å².